The molecule has 5 aliphatic heterocycles. The lowest BCUT2D eigenvalue weighted by Crippen LogP contribution is -2.62. The number of cyclic esters (lactones) is 1. The van der Waals surface area contributed by atoms with Crippen molar-refractivity contribution in [2.45, 2.75) is 148 Å². The first-order valence-corrected chi connectivity index (χ1v) is 26.9. The molecule has 7 aliphatic rings. The Morgan fingerprint density at radius 1 is 0.944 bits per heavy atom. The number of aromatic nitrogens is 2. The van der Waals surface area contributed by atoms with E-state index < -0.39 is 17.5 Å². The molecule has 14 heteroatoms. The van der Waals surface area contributed by atoms with Crippen molar-refractivity contribution in [2.24, 2.45) is 22.7 Å². The number of carbonyl (C=O) groups excluding carboxylic acids is 4. The number of methoxy groups -OCH3 is 1. The van der Waals surface area contributed by atoms with Gasteiger partial charge in [-0.3, -0.25) is 39.4 Å². The fraction of sp³-hybridized carbons (Fsp3) is 0.596. The SMILES string of the molecule is CCn1c(-c2cccnc2[C@H](C)OC)c2c3cc(ccc31)-c1cccc(c1)C[C@H](NC(=O)[C@H](C1CCCC1)N1CC[C@]3(CCN(C(=O)[C@@H]4N[C@@H]4C4CC4)C3)C1)C(=O)N1CCC[C@H](N1)C(=O)OCC(C)(C)C2. The summed E-state index contributed by atoms with van der Waals surface area (Å²) in [5, 5.41) is 9.53. The summed E-state index contributed by atoms with van der Waals surface area (Å²) in [4.78, 5) is 67.2. The van der Waals surface area contributed by atoms with Crippen molar-refractivity contribution in [3.8, 4) is 22.4 Å². The number of hydrogen-bond acceptors (Lipinski definition) is 10. The van der Waals surface area contributed by atoms with Crippen molar-refractivity contribution >= 4 is 34.6 Å². The molecule has 3 amide bonds. The molecular weight excluding hydrogens is 893 g/mol. The minimum absolute atomic E-state index is 0.0221. The number of hydrogen-bond donors (Lipinski definition) is 3. The number of likely N-dealkylation sites (tertiary alicyclic amines) is 2. The topological polar surface area (TPSA) is 160 Å². The van der Waals surface area contributed by atoms with Crippen LogP contribution in [-0.4, -0.2) is 125 Å². The van der Waals surface area contributed by atoms with Gasteiger partial charge in [-0.15, -0.1) is 0 Å². The van der Waals surface area contributed by atoms with Gasteiger partial charge in [0.05, 0.1) is 30.1 Å². The third-order valence-electron chi connectivity index (χ3n) is 17.4. The maximum atomic E-state index is 15.2. The third kappa shape index (κ3) is 9.54. The predicted molar refractivity (Wildman–Crippen MR) is 273 cm³/mol. The van der Waals surface area contributed by atoms with Crippen molar-refractivity contribution in [1.82, 2.24) is 40.4 Å². The van der Waals surface area contributed by atoms with Crippen LogP contribution in [0.3, 0.4) is 0 Å². The number of aryl methyl sites for hydroxylation is 1. The number of rotatable bonds is 10. The molecule has 0 unspecified atom stereocenters. The third-order valence-corrected chi connectivity index (χ3v) is 17.4. The monoisotopic (exact) mass is 967 g/mol. The van der Waals surface area contributed by atoms with Crippen molar-refractivity contribution in [3.63, 3.8) is 0 Å². The summed E-state index contributed by atoms with van der Waals surface area (Å²) in [6, 6.07) is 17.5. The Labute approximate surface area is 418 Å². The zero-order chi connectivity index (χ0) is 49.2. The van der Waals surface area contributed by atoms with Crippen LogP contribution < -0.4 is 16.1 Å². The molecule has 71 heavy (non-hydrogen) atoms. The van der Waals surface area contributed by atoms with Gasteiger partial charge in [-0.2, -0.15) is 0 Å². The van der Waals surface area contributed by atoms with Gasteiger partial charge in [0, 0.05) is 85.8 Å². The predicted octanol–water partition coefficient (Wildman–Crippen LogP) is 6.98. The summed E-state index contributed by atoms with van der Waals surface area (Å²) >= 11 is 0. The van der Waals surface area contributed by atoms with Gasteiger partial charge in [0.2, 0.25) is 11.8 Å². The Hall–Kier alpha value is -5.15. The minimum Gasteiger partial charge on any atom is -0.464 e. The molecule has 7 heterocycles. The summed E-state index contributed by atoms with van der Waals surface area (Å²) in [6.07, 6.45) is 12.1. The first-order valence-electron chi connectivity index (χ1n) is 26.9. The summed E-state index contributed by atoms with van der Waals surface area (Å²) in [7, 11) is 1.71. The first kappa shape index (κ1) is 48.1. The molecule has 2 aliphatic carbocycles. The lowest BCUT2D eigenvalue weighted by atomic mass is 9.84. The highest BCUT2D eigenvalue weighted by Crippen LogP contribution is 2.46. The zero-order valence-corrected chi connectivity index (χ0v) is 42.5. The highest BCUT2D eigenvalue weighted by atomic mass is 16.5. The molecule has 2 aromatic carbocycles. The van der Waals surface area contributed by atoms with E-state index in [4.69, 9.17) is 14.5 Å². The van der Waals surface area contributed by atoms with Gasteiger partial charge in [0.25, 0.3) is 5.91 Å². The van der Waals surface area contributed by atoms with E-state index in [0.717, 1.165) is 121 Å². The van der Waals surface area contributed by atoms with Gasteiger partial charge in [0.15, 0.2) is 0 Å². The summed E-state index contributed by atoms with van der Waals surface area (Å²) < 4.78 is 14.4. The number of nitrogens with zero attached hydrogens (tertiary/aromatic N) is 5. The molecule has 7 atom stereocenters. The van der Waals surface area contributed by atoms with Crippen molar-refractivity contribution in [1.29, 1.82) is 0 Å². The zero-order valence-electron chi connectivity index (χ0n) is 42.5. The average Bonchev–Trinajstić information content (AvgIpc) is 4.19. The standard InChI is InChI=1S/C57H74N8O6/c1-6-64-46-21-20-40-30-42(46)43(51(64)41-16-10-24-58-47(41)35(2)70-5)31-56(3,4)34-71-55(69)44-17-11-25-65(61-44)53(67)45(29-36-12-9-15-39(40)28-36)59-52(66)50(38-13-7-8-14-38)62-26-22-57(32-62)23-27-63(33-57)54(68)49-48(60-49)37-18-19-37/h9-10,12,15-16,20-21,24,28,30,35,37-38,44-45,48-50,60-61H,6-8,11,13-14,17-19,22-23,25-27,29,31-34H2,1-5H3,(H,59,66)/t35-,44-,45-,48+,49+,50-,57-/m0/s1. The number of benzene rings is 2. The van der Waals surface area contributed by atoms with Gasteiger partial charge < -0.3 is 24.3 Å². The molecule has 14 nitrogen and oxygen atoms in total. The van der Waals surface area contributed by atoms with Gasteiger partial charge in [-0.25, -0.2) is 5.43 Å². The van der Waals surface area contributed by atoms with Gasteiger partial charge in [-0.05, 0) is 137 Å². The normalized spacial score (nSPS) is 28.0. The number of hydrazine groups is 1. The van der Waals surface area contributed by atoms with E-state index in [1.807, 2.05) is 25.3 Å². The van der Waals surface area contributed by atoms with E-state index in [1.165, 1.54) is 12.8 Å². The van der Waals surface area contributed by atoms with Crippen LogP contribution in [0.15, 0.2) is 60.8 Å². The van der Waals surface area contributed by atoms with Crippen LogP contribution >= 0.6 is 0 Å². The number of carbonyl (C=O) groups is 4. The van der Waals surface area contributed by atoms with Crippen LogP contribution in [-0.2, 0) is 48.0 Å². The Morgan fingerprint density at radius 2 is 1.75 bits per heavy atom. The molecule has 11 rings (SSSR count). The number of nitrogens with one attached hydrogen (secondary N) is 3. The van der Waals surface area contributed by atoms with E-state index in [0.29, 0.717) is 37.8 Å². The number of esters is 1. The first-order chi connectivity index (χ1) is 34.3. The summed E-state index contributed by atoms with van der Waals surface area (Å²) in [5.41, 5.74) is 11.0. The summed E-state index contributed by atoms with van der Waals surface area (Å²) in [5.74, 6) is 0.352. The highest BCUT2D eigenvalue weighted by Gasteiger charge is 2.55. The molecule has 3 N–H and O–H groups in total. The molecule has 1 spiro atoms. The van der Waals surface area contributed by atoms with E-state index in [1.54, 1.807) is 12.1 Å². The van der Waals surface area contributed by atoms with E-state index in [9.17, 15) is 9.59 Å². The lowest BCUT2D eigenvalue weighted by Gasteiger charge is -2.37. The quantitative estimate of drug-likeness (QED) is 0.112. The van der Waals surface area contributed by atoms with Crippen LogP contribution in [0.1, 0.15) is 115 Å². The second-order valence-electron chi connectivity index (χ2n) is 23.1. The van der Waals surface area contributed by atoms with Crippen LogP contribution in [0.2, 0.25) is 0 Å². The molecule has 4 aromatic rings. The number of fused-ring (bicyclic) bond motifs is 6. The maximum absolute atomic E-state index is 15.2. The lowest BCUT2D eigenvalue weighted by molar-refractivity contribution is -0.155. The Morgan fingerprint density at radius 3 is 2.54 bits per heavy atom. The smallest absolute Gasteiger partial charge is 0.324 e. The second-order valence-corrected chi connectivity index (χ2v) is 23.1. The Balaban J connectivity index is 0.921. The minimum atomic E-state index is -0.887. The van der Waals surface area contributed by atoms with Crippen molar-refractivity contribution < 1.29 is 28.7 Å². The molecule has 6 bridgehead atoms. The second kappa shape index (κ2) is 19.4. The molecule has 0 radical (unpaired) electrons. The fourth-order valence-corrected chi connectivity index (χ4v) is 13.3. The molecule has 4 saturated heterocycles. The Bertz CT molecular complexity index is 2690. The Kier molecular flexibility index (Phi) is 13.1. The molecule has 6 fully saturated rings. The van der Waals surface area contributed by atoms with Gasteiger partial charge in [-0.1, -0.05) is 57.0 Å². The fourth-order valence-electron chi connectivity index (χ4n) is 13.3. The summed E-state index contributed by atoms with van der Waals surface area (Å²) in [6.45, 7) is 12.9. The van der Waals surface area contributed by atoms with Crippen LogP contribution in [0.5, 0.6) is 0 Å². The number of amides is 3. The van der Waals surface area contributed by atoms with Crippen molar-refractivity contribution in [3.05, 3.63) is 77.6 Å². The van der Waals surface area contributed by atoms with E-state index >= 15 is 9.59 Å². The van der Waals surface area contributed by atoms with Crippen molar-refractivity contribution in [2.75, 3.05) is 46.4 Å². The van der Waals surface area contributed by atoms with Gasteiger partial charge in [0.1, 0.15) is 18.1 Å². The number of pyridine rings is 1. The molecule has 2 aromatic heterocycles. The average molecular weight is 967 g/mol. The van der Waals surface area contributed by atoms with Gasteiger partial charge >= 0.3 is 5.97 Å². The molecule has 378 valence electrons. The van der Waals surface area contributed by atoms with E-state index in [-0.39, 0.29) is 66.2 Å². The highest BCUT2D eigenvalue weighted by molar-refractivity contribution is 5.96. The molecule has 2 saturated carbocycles. The van der Waals surface area contributed by atoms with E-state index in [2.05, 4.69) is 93.7 Å². The largest absolute Gasteiger partial charge is 0.464 e. The van der Waals surface area contributed by atoms with Crippen LogP contribution in [0.25, 0.3) is 33.3 Å². The molecular formula is C57H74N8O6. The maximum Gasteiger partial charge on any atom is 0.324 e. The van der Waals surface area contributed by atoms with Crippen LogP contribution in [0.4, 0.5) is 0 Å². The van der Waals surface area contributed by atoms with Crippen LogP contribution in [0, 0.1) is 22.7 Å². The number of ether oxygens (including phenoxy) is 2.